The van der Waals surface area contributed by atoms with Gasteiger partial charge in [0.25, 0.3) is 0 Å². The van der Waals surface area contributed by atoms with Crippen molar-refractivity contribution in [1.29, 1.82) is 0 Å². The van der Waals surface area contributed by atoms with Gasteiger partial charge in [0.1, 0.15) is 0 Å². The Morgan fingerprint density at radius 3 is 2.56 bits per heavy atom. The minimum atomic E-state index is -0.849. The number of hydrogen-bond acceptors (Lipinski definition) is 6. The van der Waals surface area contributed by atoms with Crippen LogP contribution in [-0.2, 0) is 27.3 Å². The molecule has 3 N–H and O–H groups in total. The van der Waals surface area contributed by atoms with Gasteiger partial charge in [0.05, 0.1) is 18.0 Å². The Hall–Kier alpha value is -3.52. The van der Waals surface area contributed by atoms with Crippen molar-refractivity contribution >= 4 is 23.5 Å². The van der Waals surface area contributed by atoms with Gasteiger partial charge in [-0.1, -0.05) is 44.7 Å². The second-order valence-electron chi connectivity index (χ2n) is 9.11. The van der Waals surface area contributed by atoms with Gasteiger partial charge < -0.3 is 14.8 Å². The third-order valence-electron chi connectivity index (χ3n) is 5.75. The number of carboxylic acids is 1. The van der Waals surface area contributed by atoms with E-state index in [4.69, 9.17) is 15.8 Å². The van der Waals surface area contributed by atoms with Gasteiger partial charge in [0.2, 0.25) is 11.8 Å². The highest BCUT2D eigenvalue weighted by Gasteiger charge is 2.30. The Kier molecular flexibility index (Phi) is 8.17. The van der Waals surface area contributed by atoms with E-state index in [0.717, 1.165) is 34.5 Å². The van der Waals surface area contributed by atoms with Crippen LogP contribution in [0.2, 0.25) is 0 Å². The average Bonchev–Trinajstić information content (AvgIpc) is 3.28. The van der Waals surface area contributed by atoms with E-state index in [2.05, 4.69) is 30.4 Å². The van der Waals surface area contributed by atoms with Crippen LogP contribution >= 0.6 is 0 Å². The quantitative estimate of drug-likeness (QED) is 0.351. The molecule has 8 nitrogen and oxygen atoms in total. The van der Waals surface area contributed by atoms with Crippen molar-refractivity contribution in [1.82, 2.24) is 9.88 Å². The van der Waals surface area contributed by atoms with Crippen LogP contribution in [0.4, 0.5) is 0 Å². The Labute approximate surface area is 200 Å². The van der Waals surface area contributed by atoms with Crippen molar-refractivity contribution in [2.24, 2.45) is 22.7 Å². The van der Waals surface area contributed by atoms with Crippen LogP contribution in [-0.4, -0.2) is 45.9 Å². The van der Waals surface area contributed by atoms with E-state index >= 15 is 0 Å². The number of aryl methyl sites for hydroxylation is 1. The number of carbonyl (C=O) groups is 2. The average molecular weight is 465 g/mol. The summed E-state index contributed by atoms with van der Waals surface area (Å²) in [6.45, 7) is 11.0. The summed E-state index contributed by atoms with van der Waals surface area (Å²) < 4.78 is 0. The lowest BCUT2D eigenvalue weighted by Gasteiger charge is -2.16. The second-order valence-corrected chi connectivity index (χ2v) is 9.11. The number of carboxylic acid groups (broad SMARTS) is 1. The standard InChI is InChI=1S/C26H32N4O4/c1-16(2)11-23-14-22(12-17(3)28-23)25(34-27)29-18(4)20-7-5-19(6-8-20)13-24(31)30-10-9-21(15-30)26(32)33/h5-8,12,14,16,21H,4,9-11,13,15,27H2,1-3H3,(H,32,33)/b29-25-. The van der Waals surface area contributed by atoms with E-state index in [-0.39, 0.29) is 24.8 Å². The lowest BCUT2D eigenvalue weighted by molar-refractivity contribution is -0.141. The summed E-state index contributed by atoms with van der Waals surface area (Å²) in [5.41, 5.74) is 4.61. The molecule has 1 aliphatic heterocycles. The molecule has 180 valence electrons. The van der Waals surface area contributed by atoms with E-state index < -0.39 is 11.9 Å². The summed E-state index contributed by atoms with van der Waals surface area (Å²) in [4.78, 5) is 39.4. The van der Waals surface area contributed by atoms with Crippen molar-refractivity contribution < 1.29 is 19.5 Å². The molecule has 1 aromatic heterocycles. The zero-order valence-electron chi connectivity index (χ0n) is 20.0. The minimum Gasteiger partial charge on any atom is -0.481 e. The maximum Gasteiger partial charge on any atom is 0.308 e. The maximum atomic E-state index is 12.5. The van der Waals surface area contributed by atoms with Crippen molar-refractivity contribution in [2.45, 2.75) is 40.0 Å². The molecule has 2 aromatic rings. The third kappa shape index (κ3) is 6.51. The molecular weight excluding hydrogens is 432 g/mol. The predicted molar refractivity (Wildman–Crippen MR) is 131 cm³/mol. The molecular formula is C26H32N4O4. The zero-order chi connectivity index (χ0) is 24.8. The Morgan fingerprint density at radius 1 is 1.26 bits per heavy atom. The molecule has 8 heteroatoms. The number of amides is 1. The Morgan fingerprint density at radius 2 is 1.97 bits per heavy atom. The van der Waals surface area contributed by atoms with Crippen LogP contribution in [0.5, 0.6) is 0 Å². The number of hydrogen-bond donors (Lipinski definition) is 2. The van der Waals surface area contributed by atoms with Crippen LogP contribution in [0.3, 0.4) is 0 Å². The number of nitrogens with zero attached hydrogens (tertiary/aromatic N) is 3. The molecule has 0 spiro atoms. The molecule has 1 saturated heterocycles. The summed E-state index contributed by atoms with van der Waals surface area (Å²) in [7, 11) is 0. The van der Waals surface area contributed by atoms with Gasteiger partial charge in [-0.3, -0.25) is 14.6 Å². The summed E-state index contributed by atoms with van der Waals surface area (Å²) in [6.07, 6.45) is 1.55. The molecule has 0 saturated carbocycles. The summed E-state index contributed by atoms with van der Waals surface area (Å²) in [6, 6.07) is 11.2. The topological polar surface area (TPSA) is 118 Å². The fourth-order valence-electron chi connectivity index (χ4n) is 4.02. The number of likely N-dealkylation sites (tertiary alicyclic amines) is 1. The molecule has 0 radical (unpaired) electrons. The van der Waals surface area contributed by atoms with Crippen LogP contribution in [0.1, 0.15) is 48.3 Å². The Balaban J connectivity index is 1.69. The number of aliphatic carboxylic acids is 1. The molecule has 2 heterocycles. The van der Waals surface area contributed by atoms with Crippen LogP contribution in [0, 0.1) is 18.8 Å². The first kappa shape index (κ1) is 25.1. The van der Waals surface area contributed by atoms with Gasteiger partial charge in [-0.2, -0.15) is 5.90 Å². The molecule has 1 amide bonds. The van der Waals surface area contributed by atoms with Gasteiger partial charge in [-0.25, -0.2) is 4.99 Å². The number of rotatable bonds is 8. The highest BCUT2D eigenvalue weighted by Crippen LogP contribution is 2.20. The maximum absolute atomic E-state index is 12.5. The lowest BCUT2D eigenvalue weighted by atomic mass is 10.0. The molecule has 1 fully saturated rings. The fraction of sp³-hybridized carbons (Fsp3) is 0.385. The number of pyridine rings is 1. The predicted octanol–water partition coefficient (Wildman–Crippen LogP) is 3.37. The molecule has 0 aliphatic carbocycles. The number of aromatic nitrogens is 1. The summed E-state index contributed by atoms with van der Waals surface area (Å²) in [5.74, 6) is 4.85. The Bertz CT molecular complexity index is 1090. The first-order valence-electron chi connectivity index (χ1n) is 11.4. The fourth-order valence-corrected chi connectivity index (χ4v) is 4.02. The molecule has 1 unspecified atom stereocenters. The highest BCUT2D eigenvalue weighted by atomic mass is 16.6. The van der Waals surface area contributed by atoms with E-state index in [9.17, 15) is 9.59 Å². The van der Waals surface area contributed by atoms with E-state index in [0.29, 0.717) is 24.6 Å². The van der Waals surface area contributed by atoms with Crippen LogP contribution in [0.25, 0.3) is 5.70 Å². The van der Waals surface area contributed by atoms with Crippen molar-refractivity contribution in [2.75, 3.05) is 13.1 Å². The zero-order valence-corrected chi connectivity index (χ0v) is 20.0. The smallest absolute Gasteiger partial charge is 0.308 e. The van der Waals surface area contributed by atoms with E-state index in [1.54, 1.807) is 4.90 Å². The van der Waals surface area contributed by atoms with Gasteiger partial charge in [-0.05, 0) is 48.9 Å². The van der Waals surface area contributed by atoms with Gasteiger partial charge in [0, 0.05) is 30.0 Å². The highest BCUT2D eigenvalue weighted by molar-refractivity contribution is 5.97. The first-order valence-corrected chi connectivity index (χ1v) is 11.4. The lowest BCUT2D eigenvalue weighted by Crippen LogP contribution is -2.31. The van der Waals surface area contributed by atoms with Crippen molar-refractivity contribution in [3.05, 3.63) is 71.1 Å². The number of aliphatic imine (C=N–C) groups is 1. The summed E-state index contributed by atoms with van der Waals surface area (Å²) >= 11 is 0. The molecule has 1 aliphatic rings. The third-order valence-corrected chi connectivity index (χ3v) is 5.75. The van der Waals surface area contributed by atoms with Crippen LogP contribution in [0.15, 0.2) is 48.0 Å². The number of benzene rings is 1. The molecule has 1 atom stereocenters. The van der Waals surface area contributed by atoms with Gasteiger partial charge in [0.15, 0.2) is 0 Å². The monoisotopic (exact) mass is 464 g/mol. The minimum absolute atomic E-state index is 0.0718. The molecule has 1 aromatic carbocycles. The molecule has 0 bridgehead atoms. The molecule has 34 heavy (non-hydrogen) atoms. The molecule has 3 rings (SSSR count). The number of carbonyl (C=O) groups excluding carboxylic acids is 1. The SMILES string of the molecule is C=C(/N=C(\ON)c1cc(C)nc(CC(C)C)c1)c1ccc(CC(=O)N2CCC(C(=O)O)C2)cc1. The van der Waals surface area contributed by atoms with Crippen molar-refractivity contribution in [3.63, 3.8) is 0 Å². The normalized spacial score (nSPS) is 16.1. The van der Waals surface area contributed by atoms with Crippen molar-refractivity contribution in [3.8, 4) is 0 Å². The van der Waals surface area contributed by atoms with E-state index in [1.807, 2.05) is 43.3 Å². The summed E-state index contributed by atoms with van der Waals surface area (Å²) in [5, 5.41) is 9.12. The first-order chi connectivity index (χ1) is 16.2. The largest absolute Gasteiger partial charge is 0.481 e. The van der Waals surface area contributed by atoms with E-state index in [1.165, 1.54) is 0 Å². The second kappa shape index (κ2) is 11.1. The van der Waals surface area contributed by atoms with Gasteiger partial charge >= 0.3 is 5.97 Å². The number of nitrogens with two attached hydrogens (primary N) is 1. The van der Waals surface area contributed by atoms with Gasteiger partial charge in [-0.15, -0.1) is 0 Å². The van der Waals surface area contributed by atoms with Crippen LogP contribution < -0.4 is 5.90 Å².